The molecule has 0 amide bonds. The summed E-state index contributed by atoms with van der Waals surface area (Å²) in [6.45, 7) is 7.49. The zero-order valence-electron chi connectivity index (χ0n) is 13.3. The maximum atomic E-state index is 5.28. The summed E-state index contributed by atoms with van der Waals surface area (Å²) in [6.07, 6.45) is 0. The van der Waals surface area contributed by atoms with Crippen molar-refractivity contribution in [3.8, 4) is 5.75 Å². The maximum absolute atomic E-state index is 5.28. The molecule has 0 radical (unpaired) electrons. The van der Waals surface area contributed by atoms with Crippen molar-refractivity contribution in [2.45, 2.75) is 26.5 Å². The van der Waals surface area contributed by atoms with Crippen molar-refractivity contribution >= 4 is 28.5 Å². The van der Waals surface area contributed by atoms with E-state index in [1.54, 1.807) is 7.11 Å². The lowest BCUT2D eigenvalue weighted by Crippen LogP contribution is -2.04. The van der Waals surface area contributed by atoms with E-state index >= 15 is 0 Å². The normalized spacial score (nSPS) is 11.1. The summed E-state index contributed by atoms with van der Waals surface area (Å²) in [5.74, 6) is 4.73. The van der Waals surface area contributed by atoms with Crippen molar-refractivity contribution in [2.24, 2.45) is 5.92 Å². The third-order valence-corrected chi connectivity index (χ3v) is 4.57. The molecule has 1 aromatic carbocycles. The summed E-state index contributed by atoms with van der Waals surface area (Å²) < 4.78 is 5.28. The van der Waals surface area contributed by atoms with E-state index in [1.807, 2.05) is 23.9 Å². The quantitative estimate of drug-likeness (QED) is 0.813. The minimum atomic E-state index is 0.718. The van der Waals surface area contributed by atoms with Crippen LogP contribution in [0.1, 0.15) is 26.3 Å². The second-order valence-electron chi connectivity index (χ2n) is 5.49. The Hall–Kier alpha value is -1.42. The lowest BCUT2D eigenvalue weighted by molar-refractivity contribution is 0.415. The van der Waals surface area contributed by atoms with Gasteiger partial charge in [-0.05, 0) is 36.8 Å². The number of thioether (sulfide) groups is 1. The number of aromatic nitrogens is 1. The molecule has 21 heavy (non-hydrogen) atoms. The Balaban J connectivity index is 2.31. The third-order valence-electron chi connectivity index (χ3n) is 3.16. The van der Waals surface area contributed by atoms with Gasteiger partial charge in [0.2, 0.25) is 0 Å². The molecule has 1 heterocycles. The number of nitrogens with one attached hydrogen (secondary N) is 1. The second-order valence-corrected chi connectivity index (χ2v) is 6.52. The van der Waals surface area contributed by atoms with Crippen LogP contribution in [-0.2, 0) is 5.75 Å². The predicted molar refractivity (Wildman–Crippen MR) is 93.5 cm³/mol. The number of hydrogen-bond acceptors (Lipinski definition) is 4. The maximum Gasteiger partial charge on any atom is 0.130 e. The first-order chi connectivity index (χ1) is 10.1. The van der Waals surface area contributed by atoms with Crippen molar-refractivity contribution in [1.29, 1.82) is 0 Å². The Bertz CT molecular complexity index is 599. The van der Waals surface area contributed by atoms with Crippen LogP contribution in [0, 0.1) is 5.92 Å². The van der Waals surface area contributed by atoms with Crippen molar-refractivity contribution in [3.63, 3.8) is 0 Å². The van der Waals surface area contributed by atoms with Crippen molar-refractivity contribution in [2.75, 3.05) is 24.7 Å². The van der Waals surface area contributed by atoms with Crippen molar-refractivity contribution < 1.29 is 4.74 Å². The number of anilines is 1. The van der Waals surface area contributed by atoms with Crippen LogP contribution in [0.4, 0.5) is 5.82 Å². The molecule has 0 unspecified atom stereocenters. The molecule has 1 aromatic heterocycles. The van der Waals surface area contributed by atoms with Crippen LogP contribution in [0.5, 0.6) is 5.75 Å². The van der Waals surface area contributed by atoms with Crippen LogP contribution in [0.25, 0.3) is 10.9 Å². The fourth-order valence-corrected chi connectivity index (χ4v) is 3.18. The summed E-state index contributed by atoms with van der Waals surface area (Å²) in [5, 5.41) is 4.54. The number of fused-ring (bicyclic) bond motifs is 1. The number of methoxy groups -OCH3 is 1. The molecule has 2 aromatic rings. The van der Waals surface area contributed by atoms with Crippen LogP contribution in [0.3, 0.4) is 0 Å². The van der Waals surface area contributed by atoms with Crippen molar-refractivity contribution in [3.05, 3.63) is 29.8 Å². The Labute approximate surface area is 131 Å². The van der Waals surface area contributed by atoms with Crippen LogP contribution < -0.4 is 10.1 Å². The van der Waals surface area contributed by atoms with Gasteiger partial charge < -0.3 is 10.1 Å². The number of ether oxygens (including phenoxy) is 1. The summed E-state index contributed by atoms with van der Waals surface area (Å²) >= 11 is 1.97. The van der Waals surface area contributed by atoms with E-state index in [0.29, 0.717) is 0 Å². The van der Waals surface area contributed by atoms with Gasteiger partial charge in [0.25, 0.3) is 0 Å². The van der Waals surface area contributed by atoms with Crippen LogP contribution in [0.2, 0.25) is 0 Å². The van der Waals surface area contributed by atoms with Gasteiger partial charge in [0.1, 0.15) is 11.6 Å². The van der Waals surface area contributed by atoms with Crippen LogP contribution in [-0.4, -0.2) is 24.4 Å². The highest BCUT2D eigenvalue weighted by Crippen LogP contribution is 2.27. The molecule has 0 spiro atoms. The molecule has 2 rings (SSSR count). The van der Waals surface area contributed by atoms with Crippen LogP contribution >= 0.6 is 11.8 Å². The van der Waals surface area contributed by atoms with Crippen molar-refractivity contribution in [1.82, 2.24) is 4.98 Å². The summed E-state index contributed by atoms with van der Waals surface area (Å²) in [6, 6.07) is 8.30. The fourth-order valence-electron chi connectivity index (χ4n) is 2.15. The zero-order chi connectivity index (χ0) is 15.2. The van der Waals surface area contributed by atoms with E-state index in [-0.39, 0.29) is 0 Å². The Morgan fingerprint density at radius 1 is 1.29 bits per heavy atom. The third kappa shape index (κ3) is 4.27. The second kappa shape index (κ2) is 7.55. The molecule has 0 saturated carbocycles. The number of hydrogen-bond donors (Lipinski definition) is 1. The zero-order valence-corrected chi connectivity index (χ0v) is 14.1. The van der Waals surface area contributed by atoms with Gasteiger partial charge >= 0.3 is 0 Å². The van der Waals surface area contributed by atoms with E-state index in [4.69, 9.17) is 9.72 Å². The predicted octanol–water partition coefficient (Wildman–Crippen LogP) is 4.56. The Kier molecular flexibility index (Phi) is 5.74. The summed E-state index contributed by atoms with van der Waals surface area (Å²) in [5.41, 5.74) is 2.25. The highest BCUT2D eigenvalue weighted by Gasteiger charge is 2.08. The number of pyridine rings is 1. The van der Waals surface area contributed by atoms with Gasteiger partial charge in [0.15, 0.2) is 0 Å². The standard InChI is InChI=1S/C17H24N2OS/c1-5-18-17-14(11-21-10-12(2)3)8-13-6-7-15(20-4)9-16(13)19-17/h6-9,12H,5,10-11H2,1-4H3,(H,18,19). The first-order valence-electron chi connectivity index (χ1n) is 7.43. The molecule has 0 aliphatic heterocycles. The van der Waals surface area contributed by atoms with E-state index in [1.165, 1.54) is 11.3 Å². The van der Waals surface area contributed by atoms with Crippen LogP contribution in [0.15, 0.2) is 24.3 Å². The molecule has 0 aliphatic rings. The molecule has 1 N–H and O–H groups in total. The molecule has 0 fully saturated rings. The minimum Gasteiger partial charge on any atom is -0.497 e. The first kappa shape index (κ1) is 16.0. The number of rotatable bonds is 7. The molecule has 114 valence electrons. The van der Waals surface area contributed by atoms with Gasteiger partial charge in [0, 0.05) is 29.3 Å². The fraction of sp³-hybridized carbons (Fsp3) is 0.471. The SMILES string of the molecule is CCNc1nc2cc(OC)ccc2cc1CSCC(C)C. The van der Waals surface area contributed by atoms with Gasteiger partial charge in [-0.15, -0.1) is 0 Å². The summed E-state index contributed by atoms with van der Waals surface area (Å²) in [7, 11) is 1.68. The molecule has 0 atom stereocenters. The molecule has 4 heteroatoms. The molecule has 3 nitrogen and oxygen atoms in total. The summed E-state index contributed by atoms with van der Waals surface area (Å²) in [4.78, 5) is 4.77. The Morgan fingerprint density at radius 3 is 2.76 bits per heavy atom. The average Bonchev–Trinajstić information content (AvgIpc) is 2.47. The highest BCUT2D eigenvalue weighted by molar-refractivity contribution is 7.98. The monoisotopic (exact) mass is 304 g/mol. The number of benzene rings is 1. The highest BCUT2D eigenvalue weighted by atomic mass is 32.2. The molecule has 0 aliphatic carbocycles. The Morgan fingerprint density at radius 2 is 2.10 bits per heavy atom. The molecule has 0 bridgehead atoms. The van der Waals surface area contributed by atoms with E-state index in [9.17, 15) is 0 Å². The van der Waals surface area contributed by atoms with E-state index in [0.717, 1.165) is 40.7 Å². The number of nitrogens with zero attached hydrogens (tertiary/aromatic N) is 1. The molecular weight excluding hydrogens is 280 g/mol. The lowest BCUT2D eigenvalue weighted by Gasteiger charge is -2.12. The van der Waals surface area contributed by atoms with E-state index in [2.05, 4.69) is 38.2 Å². The molecule has 0 saturated heterocycles. The van der Waals surface area contributed by atoms with Gasteiger partial charge in [-0.2, -0.15) is 11.8 Å². The van der Waals surface area contributed by atoms with Gasteiger partial charge in [-0.25, -0.2) is 4.98 Å². The van der Waals surface area contributed by atoms with Gasteiger partial charge in [-0.3, -0.25) is 0 Å². The van der Waals surface area contributed by atoms with Gasteiger partial charge in [-0.1, -0.05) is 13.8 Å². The smallest absolute Gasteiger partial charge is 0.130 e. The molecular formula is C17H24N2OS. The average molecular weight is 304 g/mol. The largest absolute Gasteiger partial charge is 0.497 e. The lowest BCUT2D eigenvalue weighted by atomic mass is 10.1. The van der Waals surface area contributed by atoms with E-state index < -0.39 is 0 Å². The first-order valence-corrected chi connectivity index (χ1v) is 8.58. The topological polar surface area (TPSA) is 34.2 Å². The van der Waals surface area contributed by atoms with Gasteiger partial charge in [0.05, 0.1) is 12.6 Å². The minimum absolute atomic E-state index is 0.718.